The first-order valence-corrected chi connectivity index (χ1v) is 9.11. The van der Waals surface area contributed by atoms with Crippen LogP contribution in [0, 0.1) is 0 Å². The van der Waals surface area contributed by atoms with Gasteiger partial charge in [0.2, 0.25) is 5.43 Å². The van der Waals surface area contributed by atoms with E-state index in [0.29, 0.717) is 33.4 Å². The van der Waals surface area contributed by atoms with Gasteiger partial charge in [0.15, 0.2) is 6.61 Å². The Balaban J connectivity index is 1.50. The van der Waals surface area contributed by atoms with Crippen molar-refractivity contribution >= 4 is 33.5 Å². The Hall–Kier alpha value is -3.60. The van der Waals surface area contributed by atoms with Crippen molar-refractivity contribution in [2.75, 3.05) is 11.9 Å². The minimum Gasteiger partial charge on any atom is -0.484 e. The second-order valence-corrected chi connectivity index (χ2v) is 6.47. The SMILES string of the molecule is CCc1ccc(OCC(=O)Nc2ccc3c(=O)c4ccccc4oc3c2)cc1. The third kappa shape index (κ3) is 3.60. The Morgan fingerprint density at radius 2 is 1.71 bits per heavy atom. The zero-order valence-electron chi connectivity index (χ0n) is 15.4. The Kier molecular flexibility index (Phi) is 4.81. The number of amides is 1. The number of hydrogen-bond donors (Lipinski definition) is 1. The molecule has 1 N–H and O–H groups in total. The number of hydrogen-bond acceptors (Lipinski definition) is 4. The summed E-state index contributed by atoms with van der Waals surface area (Å²) in [6, 6.07) is 19.7. The van der Waals surface area contributed by atoms with Crippen LogP contribution in [0.15, 0.2) is 75.9 Å². The van der Waals surface area contributed by atoms with E-state index in [2.05, 4.69) is 12.2 Å². The van der Waals surface area contributed by atoms with Crippen LogP contribution in [-0.4, -0.2) is 12.5 Å². The average Bonchev–Trinajstić information content (AvgIpc) is 2.73. The van der Waals surface area contributed by atoms with Gasteiger partial charge in [-0.15, -0.1) is 0 Å². The number of ether oxygens (including phenoxy) is 1. The summed E-state index contributed by atoms with van der Waals surface area (Å²) in [5.41, 5.74) is 2.61. The summed E-state index contributed by atoms with van der Waals surface area (Å²) in [6.07, 6.45) is 0.953. The molecule has 5 nitrogen and oxygen atoms in total. The summed E-state index contributed by atoms with van der Waals surface area (Å²) in [5.74, 6) is 0.352. The van der Waals surface area contributed by atoms with Crippen molar-refractivity contribution < 1.29 is 13.9 Å². The molecule has 0 unspecified atom stereocenters. The lowest BCUT2D eigenvalue weighted by Gasteiger charge is -2.09. The van der Waals surface area contributed by atoms with Crippen molar-refractivity contribution in [3.63, 3.8) is 0 Å². The molecule has 0 aliphatic heterocycles. The van der Waals surface area contributed by atoms with E-state index in [1.807, 2.05) is 30.3 Å². The molecule has 4 aromatic rings. The monoisotopic (exact) mass is 373 g/mol. The minimum atomic E-state index is -0.290. The van der Waals surface area contributed by atoms with Gasteiger partial charge >= 0.3 is 0 Å². The molecule has 0 aliphatic rings. The number of carbonyl (C=O) groups is 1. The zero-order valence-corrected chi connectivity index (χ0v) is 15.4. The number of carbonyl (C=O) groups excluding carboxylic acids is 1. The third-order valence-electron chi connectivity index (χ3n) is 4.56. The number of benzene rings is 3. The van der Waals surface area contributed by atoms with Crippen LogP contribution in [0.1, 0.15) is 12.5 Å². The number of aryl methyl sites for hydroxylation is 1. The molecule has 0 atom stereocenters. The maximum atomic E-state index is 12.6. The van der Waals surface area contributed by atoms with Crippen LogP contribution >= 0.6 is 0 Å². The summed E-state index contributed by atoms with van der Waals surface area (Å²) in [4.78, 5) is 24.8. The molecule has 1 aromatic heterocycles. The molecule has 0 radical (unpaired) electrons. The van der Waals surface area contributed by atoms with Crippen molar-refractivity contribution in [3.05, 3.63) is 82.5 Å². The van der Waals surface area contributed by atoms with E-state index >= 15 is 0 Å². The third-order valence-corrected chi connectivity index (χ3v) is 4.56. The van der Waals surface area contributed by atoms with Crippen LogP contribution in [-0.2, 0) is 11.2 Å². The van der Waals surface area contributed by atoms with Crippen LogP contribution in [0.4, 0.5) is 5.69 Å². The molecule has 0 saturated carbocycles. The van der Waals surface area contributed by atoms with Gasteiger partial charge < -0.3 is 14.5 Å². The summed E-state index contributed by atoms with van der Waals surface area (Å²) in [7, 11) is 0. The quantitative estimate of drug-likeness (QED) is 0.522. The lowest BCUT2D eigenvalue weighted by atomic mass is 10.1. The van der Waals surface area contributed by atoms with E-state index < -0.39 is 0 Å². The highest BCUT2D eigenvalue weighted by atomic mass is 16.5. The molecule has 5 heteroatoms. The summed E-state index contributed by atoms with van der Waals surface area (Å²) >= 11 is 0. The molecule has 1 heterocycles. The van der Waals surface area contributed by atoms with Gasteiger partial charge in [-0.2, -0.15) is 0 Å². The molecule has 1 amide bonds. The summed E-state index contributed by atoms with van der Waals surface area (Å²) in [5, 5.41) is 3.78. The highest BCUT2D eigenvalue weighted by Gasteiger charge is 2.09. The van der Waals surface area contributed by atoms with E-state index in [-0.39, 0.29) is 17.9 Å². The largest absolute Gasteiger partial charge is 0.484 e. The fraction of sp³-hybridized carbons (Fsp3) is 0.130. The zero-order chi connectivity index (χ0) is 19.5. The van der Waals surface area contributed by atoms with Gasteiger partial charge in [0.1, 0.15) is 16.9 Å². The lowest BCUT2D eigenvalue weighted by Crippen LogP contribution is -2.20. The van der Waals surface area contributed by atoms with Gasteiger partial charge in [0.25, 0.3) is 5.91 Å². The topological polar surface area (TPSA) is 68.5 Å². The Labute approximate surface area is 161 Å². The number of fused-ring (bicyclic) bond motifs is 2. The van der Waals surface area contributed by atoms with Crippen LogP contribution in [0.3, 0.4) is 0 Å². The standard InChI is InChI=1S/C23H19NO4/c1-2-15-7-10-17(11-8-15)27-14-22(25)24-16-9-12-19-21(13-16)28-20-6-4-3-5-18(20)23(19)26/h3-13H,2,14H2,1H3,(H,24,25). The smallest absolute Gasteiger partial charge is 0.262 e. The number of para-hydroxylation sites is 1. The second kappa shape index (κ2) is 7.56. The van der Waals surface area contributed by atoms with Crippen molar-refractivity contribution in [2.45, 2.75) is 13.3 Å². The van der Waals surface area contributed by atoms with Crippen molar-refractivity contribution in [1.29, 1.82) is 0 Å². The predicted molar refractivity (Wildman–Crippen MR) is 110 cm³/mol. The van der Waals surface area contributed by atoms with Crippen molar-refractivity contribution in [2.24, 2.45) is 0 Å². The van der Waals surface area contributed by atoms with Gasteiger partial charge in [0, 0.05) is 11.8 Å². The molecule has 0 saturated heterocycles. The highest BCUT2D eigenvalue weighted by molar-refractivity contribution is 5.96. The fourth-order valence-electron chi connectivity index (χ4n) is 3.05. The lowest BCUT2D eigenvalue weighted by molar-refractivity contribution is -0.118. The van der Waals surface area contributed by atoms with Crippen molar-refractivity contribution in [1.82, 2.24) is 0 Å². The van der Waals surface area contributed by atoms with E-state index in [1.54, 1.807) is 36.4 Å². The maximum absolute atomic E-state index is 12.6. The molecule has 3 aromatic carbocycles. The van der Waals surface area contributed by atoms with Crippen molar-refractivity contribution in [3.8, 4) is 5.75 Å². The molecule has 0 aliphatic carbocycles. The molecule has 4 rings (SSSR count). The number of nitrogens with one attached hydrogen (secondary N) is 1. The van der Waals surface area contributed by atoms with Gasteiger partial charge in [-0.3, -0.25) is 9.59 Å². The van der Waals surface area contributed by atoms with Crippen LogP contribution < -0.4 is 15.5 Å². The first-order valence-electron chi connectivity index (χ1n) is 9.11. The first kappa shape index (κ1) is 17.8. The molecule has 0 bridgehead atoms. The maximum Gasteiger partial charge on any atom is 0.262 e. The summed E-state index contributed by atoms with van der Waals surface area (Å²) in [6.45, 7) is 1.98. The highest BCUT2D eigenvalue weighted by Crippen LogP contribution is 2.21. The Morgan fingerprint density at radius 3 is 2.50 bits per heavy atom. The predicted octanol–water partition coefficient (Wildman–Crippen LogP) is 4.53. The van der Waals surface area contributed by atoms with Gasteiger partial charge in [-0.05, 0) is 48.4 Å². The van der Waals surface area contributed by atoms with E-state index in [1.165, 1.54) is 5.56 Å². The second-order valence-electron chi connectivity index (χ2n) is 6.47. The Bertz CT molecular complexity index is 1210. The Morgan fingerprint density at radius 1 is 0.964 bits per heavy atom. The van der Waals surface area contributed by atoms with Gasteiger partial charge in [0.05, 0.1) is 10.8 Å². The van der Waals surface area contributed by atoms with E-state index in [0.717, 1.165) is 6.42 Å². The normalized spacial score (nSPS) is 10.9. The molecular formula is C23H19NO4. The molecule has 0 spiro atoms. The van der Waals surface area contributed by atoms with Crippen LogP contribution in [0.2, 0.25) is 0 Å². The minimum absolute atomic E-state index is 0.0893. The van der Waals surface area contributed by atoms with Crippen LogP contribution in [0.5, 0.6) is 5.75 Å². The molecule has 140 valence electrons. The van der Waals surface area contributed by atoms with Gasteiger partial charge in [-0.25, -0.2) is 0 Å². The van der Waals surface area contributed by atoms with E-state index in [9.17, 15) is 9.59 Å². The summed E-state index contributed by atoms with van der Waals surface area (Å²) < 4.78 is 11.3. The number of anilines is 1. The fourth-order valence-corrected chi connectivity index (χ4v) is 3.05. The average molecular weight is 373 g/mol. The molecule has 0 fully saturated rings. The molecular weight excluding hydrogens is 354 g/mol. The van der Waals surface area contributed by atoms with Gasteiger partial charge in [-0.1, -0.05) is 31.2 Å². The number of rotatable bonds is 5. The first-order chi connectivity index (χ1) is 13.6. The van der Waals surface area contributed by atoms with Crippen LogP contribution in [0.25, 0.3) is 21.9 Å². The molecule has 28 heavy (non-hydrogen) atoms. The van der Waals surface area contributed by atoms with E-state index in [4.69, 9.17) is 9.15 Å².